The second-order valence-electron chi connectivity index (χ2n) is 7.48. The molecule has 0 aromatic heterocycles. The first-order chi connectivity index (χ1) is 11.4. The van der Waals surface area contributed by atoms with Gasteiger partial charge in [0.05, 0.1) is 13.7 Å². The number of nitrogens with one attached hydrogen (secondary N) is 1. The van der Waals surface area contributed by atoms with E-state index in [0.29, 0.717) is 12.3 Å². The molecule has 1 aromatic rings. The molecule has 0 radical (unpaired) electrons. The number of rotatable bonds is 7. The van der Waals surface area contributed by atoms with Gasteiger partial charge in [-0.25, -0.2) is 9.59 Å². The normalized spacial score (nSPS) is 11.6. The third-order valence-corrected chi connectivity index (χ3v) is 3.15. The molecule has 0 fully saturated rings. The number of hydrogen-bond donors (Lipinski definition) is 2. The molecule has 7 heteroatoms. The minimum absolute atomic E-state index is 0.0525. The smallest absolute Gasteiger partial charge is 0.407 e. The SMILES string of the molecule is COc1ccc(C(=O)O)c(OCC(C)(C)CNC(=O)OC(C)(C)C)c1. The fourth-order valence-corrected chi connectivity index (χ4v) is 1.88. The zero-order chi connectivity index (χ0) is 19.3. The molecule has 0 spiro atoms. The number of alkyl carbamates (subject to hydrolysis) is 1. The maximum absolute atomic E-state index is 11.7. The average Bonchev–Trinajstić information content (AvgIpc) is 2.49. The Morgan fingerprint density at radius 2 is 1.80 bits per heavy atom. The predicted octanol–water partition coefficient (Wildman–Crippen LogP) is 3.32. The Morgan fingerprint density at radius 1 is 1.16 bits per heavy atom. The van der Waals surface area contributed by atoms with E-state index in [1.807, 2.05) is 13.8 Å². The molecular weight excluding hydrogens is 326 g/mol. The lowest BCUT2D eigenvalue weighted by Gasteiger charge is -2.27. The number of aromatic carboxylic acids is 1. The van der Waals surface area contributed by atoms with Gasteiger partial charge >= 0.3 is 12.1 Å². The molecule has 1 amide bonds. The number of carboxylic acids is 1. The fourth-order valence-electron chi connectivity index (χ4n) is 1.88. The van der Waals surface area contributed by atoms with Gasteiger partial charge in [-0.15, -0.1) is 0 Å². The summed E-state index contributed by atoms with van der Waals surface area (Å²) in [4.78, 5) is 23.0. The van der Waals surface area contributed by atoms with Crippen molar-refractivity contribution in [3.05, 3.63) is 23.8 Å². The zero-order valence-electron chi connectivity index (χ0n) is 15.6. The van der Waals surface area contributed by atoms with Crippen LogP contribution in [0.5, 0.6) is 11.5 Å². The molecule has 1 aromatic carbocycles. The molecule has 0 saturated carbocycles. The lowest BCUT2D eigenvalue weighted by atomic mass is 9.95. The second kappa shape index (κ2) is 8.09. The summed E-state index contributed by atoms with van der Waals surface area (Å²) in [7, 11) is 1.49. The number of benzene rings is 1. The zero-order valence-corrected chi connectivity index (χ0v) is 15.6. The van der Waals surface area contributed by atoms with Crippen LogP contribution in [0.1, 0.15) is 45.0 Å². The average molecular weight is 353 g/mol. The number of carbonyl (C=O) groups excluding carboxylic acids is 1. The van der Waals surface area contributed by atoms with Gasteiger partial charge in [0.25, 0.3) is 0 Å². The molecule has 0 bridgehead atoms. The van der Waals surface area contributed by atoms with Crippen LogP contribution in [0.3, 0.4) is 0 Å². The largest absolute Gasteiger partial charge is 0.497 e. The number of carbonyl (C=O) groups is 2. The second-order valence-corrected chi connectivity index (χ2v) is 7.48. The lowest BCUT2D eigenvalue weighted by molar-refractivity contribution is 0.0492. The number of carboxylic acid groups (broad SMARTS) is 1. The minimum Gasteiger partial charge on any atom is -0.497 e. The van der Waals surface area contributed by atoms with Crippen LogP contribution in [-0.2, 0) is 4.74 Å². The first-order valence-corrected chi connectivity index (χ1v) is 7.94. The highest BCUT2D eigenvalue weighted by atomic mass is 16.6. The number of amides is 1. The maximum atomic E-state index is 11.7. The van der Waals surface area contributed by atoms with Crippen molar-refractivity contribution in [1.82, 2.24) is 5.32 Å². The summed E-state index contributed by atoms with van der Waals surface area (Å²) in [5.74, 6) is -0.357. The molecule has 0 aliphatic heterocycles. The molecule has 0 aliphatic carbocycles. The van der Waals surface area contributed by atoms with Crippen molar-refractivity contribution in [3.8, 4) is 11.5 Å². The van der Waals surface area contributed by atoms with Crippen molar-refractivity contribution in [1.29, 1.82) is 0 Å². The quantitative estimate of drug-likeness (QED) is 0.781. The Labute approximate surface area is 148 Å². The summed E-state index contributed by atoms with van der Waals surface area (Å²) in [6.07, 6.45) is -0.506. The number of methoxy groups -OCH3 is 1. The molecule has 7 nitrogen and oxygen atoms in total. The van der Waals surface area contributed by atoms with Crippen LogP contribution in [0.25, 0.3) is 0 Å². The van der Waals surface area contributed by atoms with E-state index >= 15 is 0 Å². The monoisotopic (exact) mass is 353 g/mol. The van der Waals surface area contributed by atoms with Crippen molar-refractivity contribution >= 4 is 12.1 Å². The van der Waals surface area contributed by atoms with Gasteiger partial charge < -0.3 is 24.6 Å². The van der Waals surface area contributed by atoms with Crippen LogP contribution >= 0.6 is 0 Å². The Kier molecular flexibility index (Phi) is 6.67. The molecule has 0 unspecified atom stereocenters. The molecule has 1 rings (SSSR count). The molecule has 25 heavy (non-hydrogen) atoms. The highest BCUT2D eigenvalue weighted by molar-refractivity contribution is 5.91. The Bertz CT molecular complexity index is 618. The van der Waals surface area contributed by atoms with E-state index in [2.05, 4.69) is 5.32 Å². The lowest BCUT2D eigenvalue weighted by Crippen LogP contribution is -2.40. The van der Waals surface area contributed by atoms with Gasteiger partial charge in [0.15, 0.2) is 0 Å². The van der Waals surface area contributed by atoms with Crippen molar-refractivity contribution in [2.75, 3.05) is 20.3 Å². The van der Waals surface area contributed by atoms with Gasteiger partial charge in [-0.2, -0.15) is 0 Å². The van der Waals surface area contributed by atoms with Gasteiger partial charge in [-0.05, 0) is 32.9 Å². The van der Waals surface area contributed by atoms with E-state index in [9.17, 15) is 14.7 Å². The topological polar surface area (TPSA) is 94.1 Å². The van der Waals surface area contributed by atoms with Gasteiger partial charge in [0.1, 0.15) is 22.7 Å². The van der Waals surface area contributed by atoms with E-state index in [-0.39, 0.29) is 17.9 Å². The van der Waals surface area contributed by atoms with Gasteiger partial charge in [0, 0.05) is 18.0 Å². The fraction of sp³-hybridized carbons (Fsp3) is 0.556. The van der Waals surface area contributed by atoms with E-state index in [1.54, 1.807) is 26.8 Å². The first-order valence-electron chi connectivity index (χ1n) is 7.94. The van der Waals surface area contributed by atoms with Gasteiger partial charge in [-0.1, -0.05) is 13.8 Å². The molecular formula is C18H27NO6. The van der Waals surface area contributed by atoms with E-state index < -0.39 is 23.1 Å². The maximum Gasteiger partial charge on any atom is 0.407 e. The summed E-state index contributed by atoms with van der Waals surface area (Å²) in [6.45, 7) is 9.67. The van der Waals surface area contributed by atoms with E-state index in [0.717, 1.165) is 0 Å². The predicted molar refractivity (Wildman–Crippen MR) is 93.5 cm³/mol. The summed E-state index contributed by atoms with van der Waals surface area (Å²) in [6, 6.07) is 4.52. The Hall–Kier alpha value is -2.44. The highest BCUT2D eigenvalue weighted by Crippen LogP contribution is 2.27. The minimum atomic E-state index is -1.08. The summed E-state index contributed by atoms with van der Waals surface area (Å²) in [5, 5.41) is 11.9. The molecule has 0 aliphatic rings. The molecule has 0 atom stereocenters. The van der Waals surface area contributed by atoms with Crippen molar-refractivity contribution in [2.45, 2.75) is 40.2 Å². The van der Waals surface area contributed by atoms with Crippen molar-refractivity contribution in [2.24, 2.45) is 5.41 Å². The third kappa shape index (κ3) is 7.32. The van der Waals surface area contributed by atoms with Gasteiger partial charge in [-0.3, -0.25) is 0 Å². The standard InChI is InChI=1S/C18H27NO6/c1-17(2,3)25-16(22)19-10-18(4,5)11-24-14-9-12(23-6)7-8-13(14)15(20)21/h7-9H,10-11H2,1-6H3,(H,19,22)(H,20,21). The number of hydrogen-bond acceptors (Lipinski definition) is 5. The van der Waals surface area contributed by atoms with Crippen LogP contribution in [0.2, 0.25) is 0 Å². The molecule has 140 valence electrons. The first kappa shape index (κ1) is 20.6. The molecule has 0 saturated heterocycles. The Balaban J connectivity index is 2.69. The highest BCUT2D eigenvalue weighted by Gasteiger charge is 2.24. The molecule has 0 heterocycles. The summed E-state index contributed by atoms with van der Waals surface area (Å²) in [5.41, 5.74) is -0.950. The number of ether oxygens (including phenoxy) is 3. The molecule has 2 N–H and O–H groups in total. The Morgan fingerprint density at radius 3 is 2.32 bits per heavy atom. The summed E-state index contributed by atoms with van der Waals surface area (Å²) >= 11 is 0. The van der Waals surface area contributed by atoms with Crippen LogP contribution in [0.4, 0.5) is 4.79 Å². The van der Waals surface area contributed by atoms with Gasteiger partial charge in [0.2, 0.25) is 0 Å². The van der Waals surface area contributed by atoms with Crippen LogP contribution in [0.15, 0.2) is 18.2 Å². The van der Waals surface area contributed by atoms with Crippen LogP contribution in [0, 0.1) is 5.41 Å². The third-order valence-electron chi connectivity index (χ3n) is 3.15. The summed E-state index contributed by atoms with van der Waals surface area (Å²) < 4.78 is 16.0. The van der Waals surface area contributed by atoms with Crippen molar-refractivity contribution < 1.29 is 28.9 Å². The van der Waals surface area contributed by atoms with Crippen molar-refractivity contribution in [3.63, 3.8) is 0 Å². The van der Waals surface area contributed by atoms with Crippen LogP contribution in [-0.4, -0.2) is 43.0 Å². The van der Waals surface area contributed by atoms with E-state index in [1.165, 1.54) is 19.2 Å². The van der Waals surface area contributed by atoms with E-state index in [4.69, 9.17) is 14.2 Å². The van der Waals surface area contributed by atoms with Crippen LogP contribution < -0.4 is 14.8 Å².